The third kappa shape index (κ3) is 13.3. The molecule has 96 heavy (non-hydrogen) atoms. The first-order chi connectivity index (χ1) is 47.3. The number of carbonyl (C=O) groups is 2. The molecule has 4 heterocycles. The Kier molecular flexibility index (Phi) is 16.7. The monoisotopic (exact) mass is 1230 g/mol. The lowest BCUT2D eigenvalue weighted by Gasteiger charge is -2.14. The summed E-state index contributed by atoms with van der Waals surface area (Å²) in [5.41, 5.74) is 25.2. The van der Waals surface area contributed by atoms with Crippen LogP contribution in [0.25, 0.3) is 134 Å². The van der Waals surface area contributed by atoms with Gasteiger partial charge in [-0.3, -0.25) is 19.9 Å². The number of nitrogens with zero attached hydrogens (tertiary/aromatic N) is 4. The molecule has 0 aliphatic heterocycles. The molecule has 0 spiro atoms. The first-order valence-corrected chi connectivity index (χ1v) is 31.6. The molecule has 0 saturated heterocycles. The van der Waals surface area contributed by atoms with Crippen molar-refractivity contribution in [1.29, 1.82) is 0 Å². The Labute approximate surface area is 556 Å². The van der Waals surface area contributed by atoms with E-state index in [1.165, 1.54) is 6.07 Å². The van der Waals surface area contributed by atoms with Crippen molar-refractivity contribution in [3.05, 3.63) is 364 Å². The Hall–Kier alpha value is -13.0. The number of pyridine rings is 4. The van der Waals surface area contributed by atoms with Crippen LogP contribution in [0.4, 0.5) is 0 Å². The van der Waals surface area contributed by atoms with Gasteiger partial charge in [0.2, 0.25) is 0 Å². The third-order valence-electron chi connectivity index (χ3n) is 17.1. The van der Waals surface area contributed by atoms with Crippen LogP contribution in [-0.2, 0) is 0 Å². The molecule has 8 nitrogen and oxygen atoms in total. The van der Waals surface area contributed by atoms with E-state index in [-0.39, 0.29) is 11.1 Å². The van der Waals surface area contributed by atoms with Gasteiger partial charge in [0.1, 0.15) is 11.5 Å². The molecule has 15 aromatic rings. The molecule has 0 bridgehead atoms. The largest absolute Gasteiger partial charge is 0.423 e. The molecule has 0 saturated carbocycles. The average molecular weight is 1240 g/mol. The van der Waals surface area contributed by atoms with E-state index in [2.05, 4.69) is 214 Å². The smallest absolute Gasteiger partial charge is 0.343 e. The van der Waals surface area contributed by atoms with Gasteiger partial charge in [-0.05, 0) is 251 Å². The van der Waals surface area contributed by atoms with Gasteiger partial charge in [0.05, 0.1) is 11.1 Å². The van der Waals surface area contributed by atoms with Crippen molar-refractivity contribution in [2.24, 2.45) is 0 Å². The number of aromatic nitrogens is 4. The van der Waals surface area contributed by atoms with E-state index in [1.807, 2.05) is 97.6 Å². The van der Waals surface area contributed by atoms with Gasteiger partial charge in [0, 0.05) is 71.8 Å². The first-order valence-electron chi connectivity index (χ1n) is 31.6. The first kappa shape index (κ1) is 59.3. The topological polar surface area (TPSA) is 104 Å². The Bertz CT molecular complexity index is 4820. The van der Waals surface area contributed by atoms with Crippen molar-refractivity contribution < 1.29 is 19.1 Å². The van der Waals surface area contributed by atoms with Crippen molar-refractivity contribution >= 4 is 11.9 Å². The zero-order valence-electron chi connectivity index (χ0n) is 51.9. The van der Waals surface area contributed by atoms with Gasteiger partial charge < -0.3 is 9.47 Å². The SMILES string of the molecule is O=C(Oc1cccc(-c2cccc(-c3cc(-c4cccc(-c5cccnc5)c4)cc(-c4cccc(-c5cccnc5)c4)c3)c2)c1)c1cccc(C(=O)Oc2cccc(-c3cccc(-c4cc(-c5cccc(-c6cccnc6)c5)cc(-c5cccc(-c6cccnc6)c5)c4)c3)c2)c1. The third-order valence-corrected chi connectivity index (χ3v) is 17.1. The summed E-state index contributed by atoms with van der Waals surface area (Å²) in [7, 11) is 0. The molecule has 0 amide bonds. The van der Waals surface area contributed by atoms with Gasteiger partial charge in [0.15, 0.2) is 0 Å². The second-order valence-corrected chi connectivity index (χ2v) is 23.5. The van der Waals surface area contributed by atoms with Crippen LogP contribution in [0.15, 0.2) is 353 Å². The Morgan fingerprint density at radius 3 is 0.615 bits per heavy atom. The van der Waals surface area contributed by atoms with Gasteiger partial charge in [0.25, 0.3) is 0 Å². The van der Waals surface area contributed by atoms with E-state index in [0.29, 0.717) is 11.5 Å². The van der Waals surface area contributed by atoms with Gasteiger partial charge in [-0.15, -0.1) is 0 Å². The van der Waals surface area contributed by atoms with Crippen LogP contribution in [0, 0.1) is 0 Å². The minimum atomic E-state index is -0.615. The van der Waals surface area contributed by atoms with Crippen LogP contribution in [0.5, 0.6) is 11.5 Å². The number of hydrogen-bond acceptors (Lipinski definition) is 8. The number of rotatable bonds is 16. The molecule has 0 radical (unpaired) electrons. The van der Waals surface area contributed by atoms with Crippen molar-refractivity contribution in [3.8, 4) is 145 Å². The Morgan fingerprint density at radius 1 is 0.188 bits per heavy atom. The molecular formula is C88H58N4O4. The fraction of sp³-hybridized carbons (Fsp3) is 0. The molecular weight excluding hydrogens is 1180 g/mol. The maximum atomic E-state index is 14.0. The maximum Gasteiger partial charge on any atom is 0.343 e. The van der Waals surface area contributed by atoms with Crippen molar-refractivity contribution in [2.75, 3.05) is 0 Å². The fourth-order valence-electron chi connectivity index (χ4n) is 12.2. The highest BCUT2D eigenvalue weighted by Gasteiger charge is 2.18. The predicted octanol–water partition coefficient (Wildman–Crippen LogP) is 21.7. The second kappa shape index (κ2) is 27.0. The molecule has 454 valence electrons. The lowest BCUT2D eigenvalue weighted by molar-refractivity contribution is 0.0734. The summed E-state index contributed by atoms with van der Waals surface area (Å²) < 4.78 is 12.1. The van der Waals surface area contributed by atoms with E-state index < -0.39 is 11.9 Å². The summed E-state index contributed by atoms with van der Waals surface area (Å²) in [5.74, 6) is -0.518. The summed E-state index contributed by atoms with van der Waals surface area (Å²) >= 11 is 0. The minimum absolute atomic E-state index is 0.199. The lowest BCUT2D eigenvalue weighted by atomic mass is 9.90. The Balaban J connectivity index is 0.665. The van der Waals surface area contributed by atoms with E-state index in [4.69, 9.17) is 9.47 Å². The highest BCUT2D eigenvalue weighted by atomic mass is 16.5. The van der Waals surface area contributed by atoms with E-state index in [0.717, 1.165) is 134 Å². The zero-order chi connectivity index (χ0) is 64.6. The van der Waals surface area contributed by atoms with Crippen molar-refractivity contribution in [1.82, 2.24) is 19.9 Å². The van der Waals surface area contributed by atoms with E-state index in [9.17, 15) is 9.59 Å². The highest BCUT2D eigenvalue weighted by molar-refractivity contribution is 5.97. The van der Waals surface area contributed by atoms with Crippen LogP contribution >= 0.6 is 0 Å². The summed E-state index contributed by atoms with van der Waals surface area (Å²) in [6, 6.07) is 102. The van der Waals surface area contributed by atoms with Crippen LogP contribution < -0.4 is 9.47 Å². The van der Waals surface area contributed by atoms with E-state index in [1.54, 1.807) is 55.1 Å². The molecule has 11 aromatic carbocycles. The minimum Gasteiger partial charge on any atom is -0.423 e. The number of esters is 2. The fourth-order valence-corrected chi connectivity index (χ4v) is 12.2. The van der Waals surface area contributed by atoms with Gasteiger partial charge in [-0.25, -0.2) is 9.59 Å². The van der Waals surface area contributed by atoms with Crippen LogP contribution in [-0.4, -0.2) is 31.9 Å². The summed E-state index contributed by atoms with van der Waals surface area (Å²) in [6.45, 7) is 0. The predicted molar refractivity (Wildman–Crippen MR) is 386 cm³/mol. The summed E-state index contributed by atoms with van der Waals surface area (Å²) in [4.78, 5) is 45.5. The molecule has 4 aromatic heterocycles. The van der Waals surface area contributed by atoms with Gasteiger partial charge in [-0.1, -0.05) is 164 Å². The van der Waals surface area contributed by atoms with Crippen molar-refractivity contribution in [3.63, 3.8) is 0 Å². The lowest BCUT2D eigenvalue weighted by Crippen LogP contribution is -2.12. The molecule has 0 N–H and O–H groups in total. The molecule has 15 rings (SSSR count). The van der Waals surface area contributed by atoms with Gasteiger partial charge in [-0.2, -0.15) is 0 Å². The maximum absolute atomic E-state index is 14.0. The molecule has 0 atom stereocenters. The summed E-state index contributed by atoms with van der Waals surface area (Å²) in [5, 5.41) is 0. The number of carbonyl (C=O) groups excluding carboxylic acids is 2. The zero-order valence-corrected chi connectivity index (χ0v) is 51.9. The standard InChI is InChI=1S/C88H58N4O4/c93-87(95-85-34-8-26-71(53-85)59-14-1-20-65(40-59)79-47-81(67-22-3-16-61(42-67)75-30-10-36-89-55-75)51-82(48-79)68-23-4-17-62(43-68)76-31-11-37-90-56-76)73-28-7-29-74(46-73)88(94)96-86-35-9-27-72(54-86)60-15-2-21-66(41-60)80-49-83(69-24-5-18-63(44-69)77-32-12-38-91-57-77)52-84(50-80)70-25-6-19-64(45-70)78-33-13-39-92-58-78/h1-58H. The number of ether oxygens (including phenoxy) is 2. The van der Waals surface area contributed by atoms with Crippen LogP contribution in [0.2, 0.25) is 0 Å². The van der Waals surface area contributed by atoms with Crippen LogP contribution in [0.3, 0.4) is 0 Å². The second-order valence-electron chi connectivity index (χ2n) is 23.5. The summed E-state index contributed by atoms with van der Waals surface area (Å²) in [6.07, 6.45) is 14.7. The van der Waals surface area contributed by atoms with Gasteiger partial charge >= 0.3 is 11.9 Å². The molecule has 0 aliphatic carbocycles. The molecule has 0 aliphatic rings. The number of benzene rings is 11. The molecule has 8 heteroatoms. The average Bonchev–Trinajstić information content (AvgIpc) is 0.824. The normalized spacial score (nSPS) is 11.0. The Morgan fingerprint density at radius 2 is 0.375 bits per heavy atom. The molecule has 0 fully saturated rings. The number of hydrogen-bond donors (Lipinski definition) is 0. The van der Waals surface area contributed by atoms with Crippen molar-refractivity contribution in [2.45, 2.75) is 0 Å². The molecule has 0 unspecified atom stereocenters. The quantitative estimate of drug-likeness (QED) is 0.0696. The van der Waals surface area contributed by atoms with E-state index >= 15 is 0 Å². The highest BCUT2D eigenvalue weighted by Crippen LogP contribution is 2.40. The van der Waals surface area contributed by atoms with Crippen LogP contribution in [0.1, 0.15) is 20.7 Å².